The van der Waals surface area contributed by atoms with E-state index in [1.807, 2.05) is 76.3 Å². The molecule has 3 N–H and O–H groups in total. The van der Waals surface area contributed by atoms with Crippen LogP contribution in [-0.4, -0.2) is 43.4 Å². The number of benzene rings is 3. The van der Waals surface area contributed by atoms with Crippen LogP contribution in [0.2, 0.25) is 0 Å². The van der Waals surface area contributed by atoms with Crippen LogP contribution in [0, 0.1) is 6.92 Å². The molecule has 1 aromatic heterocycles. The summed E-state index contributed by atoms with van der Waals surface area (Å²) >= 11 is 0. The van der Waals surface area contributed by atoms with E-state index < -0.39 is 12.1 Å². The molecule has 0 unspecified atom stereocenters. The predicted molar refractivity (Wildman–Crippen MR) is 157 cm³/mol. The van der Waals surface area contributed by atoms with Crippen molar-refractivity contribution in [3.63, 3.8) is 0 Å². The predicted octanol–water partition coefficient (Wildman–Crippen LogP) is 3.57. The number of likely N-dealkylation sites (N-methyl/N-ethyl adjacent to an activating group) is 1. The van der Waals surface area contributed by atoms with E-state index in [-0.39, 0.29) is 24.0 Å². The molecule has 8 nitrogen and oxygen atoms in total. The van der Waals surface area contributed by atoms with E-state index >= 15 is 0 Å². The molecule has 0 saturated heterocycles. The Morgan fingerprint density at radius 2 is 1.85 bits per heavy atom. The van der Waals surface area contributed by atoms with Gasteiger partial charge in [0.1, 0.15) is 13.9 Å². The molecule has 2 aliphatic rings. The minimum atomic E-state index is -0.689. The summed E-state index contributed by atoms with van der Waals surface area (Å²) in [5, 5.41) is 7.57. The molecule has 0 aliphatic carbocycles. The van der Waals surface area contributed by atoms with Gasteiger partial charge in [-0.25, -0.2) is 4.79 Å². The van der Waals surface area contributed by atoms with Crippen molar-refractivity contribution in [1.82, 2.24) is 9.88 Å². The van der Waals surface area contributed by atoms with Crippen LogP contribution in [-0.2, 0) is 16.1 Å². The Labute approximate surface area is 227 Å². The Kier molecular flexibility index (Phi) is 7.15. The van der Waals surface area contributed by atoms with Crippen molar-refractivity contribution >= 4 is 47.5 Å². The molecule has 3 aromatic carbocycles. The van der Waals surface area contributed by atoms with Crippen LogP contribution in [0.15, 0.2) is 71.7 Å². The number of H-pyrrole nitrogens is 1. The summed E-state index contributed by atoms with van der Waals surface area (Å²) in [4.78, 5) is 43.3. The largest absolute Gasteiger partial charge is 0.449 e. The molecule has 2 atom stereocenters. The first-order chi connectivity index (χ1) is 18.7. The average molecular weight is 522 g/mol. The minimum Gasteiger partial charge on any atom is -0.449 e. The van der Waals surface area contributed by atoms with E-state index in [9.17, 15) is 14.4 Å². The first-order valence-electron chi connectivity index (χ1n) is 13.0. The van der Waals surface area contributed by atoms with Crippen molar-refractivity contribution in [3.8, 4) is 0 Å². The number of aromatic nitrogens is 1. The molecule has 0 fully saturated rings. The molecule has 4 aromatic rings. The lowest BCUT2D eigenvalue weighted by Gasteiger charge is -2.28. The zero-order chi connectivity index (χ0) is 27.7. The van der Waals surface area contributed by atoms with Gasteiger partial charge >= 0.3 is 6.09 Å². The summed E-state index contributed by atoms with van der Waals surface area (Å²) in [6, 6.07) is 18.2. The van der Waals surface area contributed by atoms with Crippen molar-refractivity contribution in [2.75, 3.05) is 24.3 Å². The molecule has 9 heteroatoms. The van der Waals surface area contributed by atoms with Crippen LogP contribution in [0.5, 0.6) is 0 Å². The van der Waals surface area contributed by atoms with Crippen LogP contribution < -0.4 is 21.7 Å². The Bertz CT molecular complexity index is 1630. The molecule has 2 aliphatic heterocycles. The Morgan fingerprint density at radius 1 is 1.03 bits per heavy atom. The highest BCUT2D eigenvalue weighted by atomic mass is 16.5. The number of pyridine rings is 1. The molecule has 0 spiro atoms. The monoisotopic (exact) mass is 522 g/mol. The lowest BCUT2D eigenvalue weighted by atomic mass is 9.89. The van der Waals surface area contributed by atoms with Gasteiger partial charge in [0.05, 0.1) is 6.61 Å². The van der Waals surface area contributed by atoms with Crippen LogP contribution in [0.1, 0.15) is 41.1 Å². The standard InChI is InChI=1S/C30H31BN4O4/c1-17-12-20-5-8-24(17)18(2)16-39-30(38)34-22-7-9-26(31)21(13-22)15-35(3)29(37)27(20)33-23-6-4-19-10-11-32-28(36)25(19)14-23/h4-14,18,27,33H,15-16,31H2,1-3H3,(H,32,36)(H,34,38)/t18-,27+/m0/s1. The van der Waals surface area contributed by atoms with Gasteiger partial charge in [-0.1, -0.05) is 42.7 Å². The maximum atomic E-state index is 14.0. The quantitative estimate of drug-likeness (QED) is 0.350. The summed E-state index contributed by atoms with van der Waals surface area (Å²) in [6.45, 7) is 4.57. The first kappa shape index (κ1) is 26.1. The number of aryl methyl sites for hydroxylation is 1. The number of aromatic amines is 1. The maximum absolute atomic E-state index is 14.0. The third kappa shape index (κ3) is 5.52. The third-order valence-electron chi connectivity index (χ3n) is 7.34. The van der Waals surface area contributed by atoms with Crippen molar-refractivity contribution in [2.24, 2.45) is 0 Å². The molecule has 0 radical (unpaired) electrons. The fraction of sp³-hybridized carbons (Fsp3) is 0.233. The minimum absolute atomic E-state index is 0.0386. The van der Waals surface area contributed by atoms with Crippen LogP contribution in [0.3, 0.4) is 0 Å². The lowest BCUT2D eigenvalue weighted by molar-refractivity contribution is -0.131. The number of hydrogen-bond donors (Lipinski definition) is 3. The van der Waals surface area contributed by atoms with Crippen molar-refractivity contribution in [1.29, 1.82) is 0 Å². The molecular formula is C30H31BN4O4. The Morgan fingerprint density at radius 3 is 2.64 bits per heavy atom. The number of anilines is 2. The number of hydrogen-bond acceptors (Lipinski definition) is 5. The van der Waals surface area contributed by atoms with Crippen molar-refractivity contribution < 1.29 is 14.3 Å². The molecule has 2 amide bonds. The zero-order valence-corrected chi connectivity index (χ0v) is 22.5. The summed E-state index contributed by atoms with van der Waals surface area (Å²) in [7, 11) is 3.74. The van der Waals surface area contributed by atoms with Gasteiger partial charge in [-0.2, -0.15) is 0 Å². The van der Waals surface area contributed by atoms with Gasteiger partial charge in [-0.15, -0.1) is 0 Å². The second kappa shape index (κ2) is 10.7. The molecular weight excluding hydrogens is 491 g/mol. The van der Waals surface area contributed by atoms with E-state index in [1.54, 1.807) is 24.2 Å². The molecule has 0 saturated carbocycles. The number of fused-ring (bicyclic) bond motifs is 10. The van der Waals surface area contributed by atoms with Crippen LogP contribution >= 0.6 is 0 Å². The van der Waals surface area contributed by atoms with Gasteiger partial charge < -0.3 is 19.9 Å². The first-order valence-corrected chi connectivity index (χ1v) is 13.0. The fourth-order valence-corrected chi connectivity index (χ4v) is 5.08. The molecule has 39 heavy (non-hydrogen) atoms. The molecule has 4 bridgehead atoms. The van der Waals surface area contributed by atoms with Crippen molar-refractivity contribution in [3.05, 3.63) is 99.5 Å². The summed E-state index contributed by atoms with van der Waals surface area (Å²) in [5.41, 5.74) is 5.84. The molecule has 198 valence electrons. The average Bonchev–Trinajstić information content (AvgIpc) is 2.91. The second-order valence-electron chi connectivity index (χ2n) is 10.3. The maximum Gasteiger partial charge on any atom is 0.411 e. The van der Waals surface area contributed by atoms with Crippen molar-refractivity contribution in [2.45, 2.75) is 32.4 Å². The van der Waals surface area contributed by atoms with E-state index in [1.165, 1.54) is 0 Å². The van der Waals surface area contributed by atoms with Gasteiger partial charge in [0, 0.05) is 42.5 Å². The fourth-order valence-electron chi connectivity index (χ4n) is 5.08. The van der Waals surface area contributed by atoms with Crippen LogP contribution in [0.4, 0.5) is 16.2 Å². The molecule has 3 heterocycles. The van der Waals surface area contributed by atoms with Gasteiger partial charge in [0.2, 0.25) is 5.91 Å². The SMILES string of the molecule is Bc1ccc2cc1CN(C)C(=O)[C@H](Nc1ccc3cc[nH]c(=O)c3c1)c1ccc(c(C)c1)[C@@H](C)COC(=O)N2. The van der Waals surface area contributed by atoms with Gasteiger partial charge in [0.15, 0.2) is 0 Å². The third-order valence-corrected chi connectivity index (χ3v) is 7.34. The topological polar surface area (TPSA) is 104 Å². The second-order valence-corrected chi connectivity index (χ2v) is 10.3. The number of rotatable bonds is 2. The van der Waals surface area contributed by atoms with E-state index in [0.29, 0.717) is 23.3 Å². The highest BCUT2D eigenvalue weighted by molar-refractivity contribution is 6.33. The molecule has 6 rings (SSSR count). The van der Waals surface area contributed by atoms with Gasteiger partial charge in [-0.3, -0.25) is 14.9 Å². The van der Waals surface area contributed by atoms with Crippen LogP contribution in [0.25, 0.3) is 10.8 Å². The number of nitrogens with one attached hydrogen (secondary N) is 3. The van der Waals surface area contributed by atoms with Gasteiger partial charge in [0.25, 0.3) is 5.56 Å². The number of ether oxygens (including phenoxy) is 1. The number of amides is 2. The number of nitrogens with zero attached hydrogens (tertiary/aromatic N) is 1. The lowest BCUT2D eigenvalue weighted by Crippen LogP contribution is -2.36. The number of carbonyl (C=O) groups is 2. The highest BCUT2D eigenvalue weighted by Crippen LogP contribution is 2.29. The normalized spacial score (nSPS) is 18.1. The number of carbonyl (C=O) groups excluding carboxylic acids is 2. The van der Waals surface area contributed by atoms with E-state index in [4.69, 9.17) is 4.74 Å². The summed E-state index contributed by atoms with van der Waals surface area (Å²) in [5.74, 6) is -0.162. The highest BCUT2D eigenvalue weighted by Gasteiger charge is 2.26. The van der Waals surface area contributed by atoms with E-state index in [0.717, 1.165) is 33.1 Å². The zero-order valence-electron chi connectivity index (χ0n) is 22.5. The Balaban J connectivity index is 1.57. The van der Waals surface area contributed by atoms with Gasteiger partial charge in [-0.05, 0) is 64.9 Å². The van der Waals surface area contributed by atoms with E-state index in [2.05, 4.69) is 15.6 Å². The Hall–Kier alpha value is -4.53. The summed E-state index contributed by atoms with van der Waals surface area (Å²) < 4.78 is 5.52. The smallest absolute Gasteiger partial charge is 0.411 e. The summed E-state index contributed by atoms with van der Waals surface area (Å²) in [6.07, 6.45) is 1.11.